The van der Waals surface area contributed by atoms with Crippen molar-refractivity contribution in [3.8, 4) is 0 Å². The van der Waals surface area contributed by atoms with E-state index < -0.39 is 0 Å². The molecule has 0 aliphatic carbocycles. The second-order valence-corrected chi connectivity index (χ2v) is 9.02. The third-order valence-corrected chi connectivity index (χ3v) is 6.83. The number of hydrogen-bond donors (Lipinski definition) is 0. The van der Waals surface area contributed by atoms with Gasteiger partial charge in [0, 0.05) is 16.2 Å². The van der Waals surface area contributed by atoms with Gasteiger partial charge in [-0.2, -0.15) is 0 Å². The Balaban J connectivity index is 2.02. The molecule has 0 bridgehead atoms. The lowest BCUT2D eigenvalue weighted by atomic mass is 10.1. The largest absolute Gasteiger partial charge is 0.462 e. The first kappa shape index (κ1) is 19.9. The number of nitrogens with zero attached hydrogens (tertiary/aromatic N) is 1. The normalized spacial score (nSPS) is 11.3. The summed E-state index contributed by atoms with van der Waals surface area (Å²) < 4.78 is 9.12. The van der Waals surface area contributed by atoms with Gasteiger partial charge in [0.15, 0.2) is 0 Å². The van der Waals surface area contributed by atoms with Crippen LogP contribution in [0.15, 0.2) is 41.0 Å². The molecule has 0 amide bonds. The van der Waals surface area contributed by atoms with Crippen molar-refractivity contribution in [2.75, 3.05) is 6.61 Å². The molecule has 0 atom stereocenters. The molecular weight excluding hydrogens is 450 g/mol. The summed E-state index contributed by atoms with van der Waals surface area (Å²) >= 11 is 4.77. The van der Waals surface area contributed by atoms with Gasteiger partial charge in [-0.15, -0.1) is 11.3 Å². The van der Waals surface area contributed by atoms with Gasteiger partial charge in [0.2, 0.25) is 5.78 Å². The lowest BCUT2D eigenvalue weighted by Gasteiger charge is -2.07. The minimum Gasteiger partial charge on any atom is -0.462 e. The van der Waals surface area contributed by atoms with Crippen LogP contribution < -0.4 is 0 Å². The number of pyridine rings is 1. The number of halogens is 1. The lowest BCUT2D eigenvalue weighted by Crippen LogP contribution is -2.05. The first-order valence-corrected chi connectivity index (χ1v) is 11.0. The van der Waals surface area contributed by atoms with Crippen molar-refractivity contribution in [2.45, 2.75) is 27.7 Å². The van der Waals surface area contributed by atoms with Crippen LogP contribution in [0.3, 0.4) is 0 Å². The molecule has 0 aliphatic rings. The summed E-state index contributed by atoms with van der Waals surface area (Å²) in [7, 11) is 0. The molecule has 4 nitrogen and oxygen atoms in total. The summed E-state index contributed by atoms with van der Waals surface area (Å²) in [4.78, 5) is 26.7. The number of aryl methyl sites for hydroxylation is 3. The highest BCUT2D eigenvalue weighted by atomic mass is 79.9. The summed E-state index contributed by atoms with van der Waals surface area (Å²) in [6.45, 7) is 8.07. The molecule has 0 fully saturated rings. The number of hydrogen-bond acceptors (Lipinski definition) is 4. The van der Waals surface area contributed by atoms with Crippen molar-refractivity contribution in [3.05, 3.63) is 73.7 Å². The highest BCUT2D eigenvalue weighted by Crippen LogP contribution is 2.40. The molecule has 0 unspecified atom stereocenters. The molecule has 0 N–H and O–H groups in total. The Morgan fingerprint density at radius 2 is 1.79 bits per heavy atom. The molecule has 0 spiro atoms. The van der Waals surface area contributed by atoms with E-state index in [4.69, 9.17) is 4.74 Å². The van der Waals surface area contributed by atoms with Crippen LogP contribution >= 0.6 is 27.3 Å². The number of thiophene rings is 1. The molecule has 1 aromatic carbocycles. The van der Waals surface area contributed by atoms with Gasteiger partial charge < -0.3 is 9.14 Å². The summed E-state index contributed by atoms with van der Waals surface area (Å²) in [5, 5.41) is 0. The number of aromatic nitrogens is 1. The Morgan fingerprint density at radius 1 is 1.10 bits per heavy atom. The summed E-state index contributed by atoms with van der Waals surface area (Å²) in [6.07, 6.45) is 2.01. The average molecular weight is 470 g/mol. The van der Waals surface area contributed by atoms with Gasteiger partial charge in [0.1, 0.15) is 5.56 Å². The molecule has 0 aliphatic heterocycles. The van der Waals surface area contributed by atoms with Gasteiger partial charge in [-0.25, -0.2) is 4.79 Å². The van der Waals surface area contributed by atoms with Crippen LogP contribution in [-0.4, -0.2) is 22.8 Å². The van der Waals surface area contributed by atoms with E-state index in [2.05, 4.69) is 22.0 Å². The molecular formula is C23H20BrNO3S. The van der Waals surface area contributed by atoms with Gasteiger partial charge in [0.25, 0.3) is 0 Å². The third kappa shape index (κ3) is 3.20. The number of carbonyl (C=O) groups is 2. The minimum absolute atomic E-state index is 0.0378. The summed E-state index contributed by atoms with van der Waals surface area (Å²) in [5.74, 6) is -0.389. The first-order chi connectivity index (χ1) is 13.8. The Kier molecular flexibility index (Phi) is 5.09. The zero-order valence-electron chi connectivity index (χ0n) is 16.6. The van der Waals surface area contributed by atoms with Gasteiger partial charge >= 0.3 is 5.97 Å². The third-order valence-electron chi connectivity index (χ3n) is 5.00. The van der Waals surface area contributed by atoms with Crippen LogP contribution in [0.5, 0.6) is 0 Å². The van der Waals surface area contributed by atoms with Crippen LogP contribution in [0.4, 0.5) is 0 Å². The smallest absolute Gasteiger partial charge is 0.341 e. The SMILES string of the molecule is CCOC(=O)c1c2sc(C(=O)c3ccc(Br)cc3)c(C)c2n2cc(C)cc(C)c12. The van der Waals surface area contributed by atoms with Crippen LogP contribution in [0.25, 0.3) is 15.7 Å². The van der Waals surface area contributed by atoms with Gasteiger partial charge in [-0.3, -0.25) is 4.79 Å². The van der Waals surface area contributed by atoms with Gasteiger partial charge in [0.05, 0.1) is 27.2 Å². The standard InChI is InChI=1S/C23H20BrNO3S/c1-5-28-23(27)17-18-13(3)10-12(2)11-25(18)19-14(4)21(29-22(17)19)20(26)15-6-8-16(24)9-7-15/h6-11H,5H2,1-4H3. The molecule has 0 radical (unpaired) electrons. The zero-order valence-corrected chi connectivity index (χ0v) is 19.0. The van der Waals surface area contributed by atoms with Gasteiger partial charge in [-0.05, 0) is 68.7 Å². The van der Waals surface area contributed by atoms with E-state index in [0.717, 1.165) is 36.9 Å². The fraction of sp³-hybridized carbons (Fsp3) is 0.217. The van der Waals surface area contributed by atoms with Crippen molar-refractivity contribution in [2.24, 2.45) is 0 Å². The molecule has 29 heavy (non-hydrogen) atoms. The minimum atomic E-state index is -0.351. The van der Waals surface area contributed by atoms with Crippen LogP contribution in [-0.2, 0) is 4.74 Å². The second-order valence-electron chi connectivity index (χ2n) is 7.08. The van der Waals surface area contributed by atoms with Crippen molar-refractivity contribution in [3.63, 3.8) is 0 Å². The van der Waals surface area contributed by atoms with Crippen molar-refractivity contribution >= 4 is 54.8 Å². The number of fused-ring (bicyclic) bond motifs is 3. The maximum Gasteiger partial charge on any atom is 0.341 e. The molecule has 3 heterocycles. The first-order valence-electron chi connectivity index (χ1n) is 9.35. The van der Waals surface area contributed by atoms with E-state index >= 15 is 0 Å². The van der Waals surface area contributed by atoms with Crippen molar-refractivity contribution in [1.82, 2.24) is 4.40 Å². The van der Waals surface area contributed by atoms with Crippen molar-refractivity contribution < 1.29 is 14.3 Å². The number of rotatable bonds is 4. The average Bonchev–Trinajstić information content (AvgIpc) is 3.17. The Labute approximate surface area is 181 Å². The number of carbonyl (C=O) groups excluding carboxylic acids is 2. The van der Waals surface area contributed by atoms with E-state index in [1.807, 2.05) is 55.6 Å². The zero-order chi connectivity index (χ0) is 20.9. The fourth-order valence-corrected chi connectivity index (χ4v) is 5.37. The number of ketones is 1. The fourth-order valence-electron chi connectivity index (χ4n) is 3.81. The van der Waals surface area contributed by atoms with E-state index in [0.29, 0.717) is 22.6 Å². The van der Waals surface area contributed by atoms with Crippen LogP contribution in [0, 0.1) is 20.8 Å². The molecule has 0 saturated heterocycles. The topological polar surface area (TPSA) is 47.8 Å². The highest BCUT2D eigenvalue weighted by Gasteiger charge is 2.27. The monoisotopic (exact) mass is 469 g/mol. The van der Waals surface area contributed by atoms with Crippen molar-refractivity contribution in [1.29, 1.82) is 0 Å². The molecule has 3 aromatic heterocycles. The molecule has 148 valence electrons. The lowest BCUT2D eigenvalue weighted by molar-refractivity contribution is 0.0531. The Hall–Kier alpha value is -2.44. The van der Waals surface area contributed by atoms with Gasteiger partial charge in [-0.1, -0.05) is 22.0 Å². The maximum atomic E-state index is 13.2. The van der Waals surface area contributed by atoms with E-state index in [1.165, 1.54) is 11.3 Å². The summed E-state index contributed by atoms with van der Waals surface area (Å²) in [6, 6.07) is 9.39. The molecule has 0 saturated carbocycles. The van der Waals surface area contributed by atoms with E-state index in [-0.39, 0.29) is 11.8 Å². The Morgan fingerprint density at radius 3 is 2.45 bits per heavy atom. The number of esters is 1. The van der Waals surface area contributed by atoms with Crippen LogP contribution in [0.2, 0.25) is 0 Å². The van der Waals surface area contributed by atoms with Crippen LogP contribution in [0.1, 0.15) is 49.2 Å². The number of benzene rings is 1. The predicted octanol–water partition coefficient (Wildman–Crippen LogP) is 6.25. The predicted molar refractivity (Wildman–Crippen MR) is 121 cm³/mol. The van der Waals surface area contributed by atoms with E-state index in [1.54, 1.807) is 6.92 Å². The van der Waals surface area contributed by atoms with E-state index in [9.17, 15) is 9.59 Å². The highest BCUT2D eigenvalue weighted by molar-refractivity contribution is 9.10. The second kappa shape index (κ2) is 7.43. The molecule has 4 aromatic rings. The molecule has 4 rings (SSSR count). The Bertz CT molecular complexity index is 1280. The maximum absolute atomic E-state index is 13.2. The molecule has 6 heteroatoms. The quantitative estimate of drug-likeness (QED) is 0.262. The number of ether oxygens (including phenoxy) is 1. The summed E-state index contributed by atoms with van der Waals surface area (Å²) in [5.41, 5.74) is 5.90.